The molecule has 0 unspecified atom stereocenters. The van der Waals surface area contributed by atoms with Crippen molar-refractivity contribution in [1.29, 1.82) is 0 Å². The Hall–Kier alpha value is 1.83. The minimum atomic E-state index is 1.35. The Morgan fingerprint density at radius 2 is 1.33 bits per heavy atom. The summed E-state index contributed by atoms with van der Waals surface area (Å²) >= 11 is 9.48. The Labute approximate surface area is 102 Å². The van der Waals surface area contributed by atoms with Gasteiger partial charge in [-0.3, -0.25) is 0 Å². The molecular weight excluding hydrogens is 352 g/mol. The van der Waals surface area contributed by atoms with Crippen molar-refractivity contribution in [1.82, 2.24) is 0 Å². The van der Waals surface area contributed by atoms with E-state index in [-0.39, 0.29) is 0 Å². The van der Waals surface area contributed by atoms with Crippen LogP contribution >= 0.6 is 40.0 Å². The molecule has 0 radical (unpaired) electrons. The molecule has 0 nitrogen and oxygen atoms in total. The molecule has 0 bridgehead atoms. The minimum absolute atomic E-state index is 1.35. The van der Waals surface area contributed by atoms with Gasteiger partial charge in [0.25, 0.3) is 0 Å². The Bertz CT molecular complexity index is 59.0. The zero-order chi connectivity index (χ0) is 9.66. The summed E-state index contributed by atoms with van der Waals surface area (Å²) in [6.07, 6.45) is 5.49. The van der Waals surface area contributed by atoms with Gasteiger partial charge >= 0.3 is 39.6 Å². The van der Waals surface area contributed by atoms with E-state index in [2.05, 4.69) is 53.8 Å². The summed E-state index contributed by atoms with van der Waals surface area (Å²) in [7, 11) is 0. The van der Waals surface area contributed by atoms with Crippen LogP contribution in [0, 0.1) is 0 Å². The summed E-state index contributed by atoms with van der Waals surface area (Å²) in [5.41, 5.74) is 0. The molecule has 0 aromatic rings. The van der Waals surface area contributed by atoms with Gasteiger partial charge < -0.3 is 0 Å². The molecule has 0 spiro atoms. The third kappa shape index (κ3) is 22.6. The van der Waals surface area contributed by atoms with E-state index in [1.165, 1.54) is 48.5 Å². The van der Waals surface area contributed by atoms with Crippen molar-refractivity contribution in [2.75, 3.05) is 11.5 Å². The first-order valence-corrected chi connectivity index (χ1v) is 10.0. The summed E-state index contributed by atoms with van der Waals surface area (Å²) < 4.78 is 0. The first kappa shape index (κ1) is 16.3. The molecule has 12 heavy (non-hydrogen) atoms. The first-order chi connectivity index (χ1) is 5.83. The quantitative estimate of drug-likeness (QED) is 0.468. The zero-order valence-corrected chi connectivity index (χ0v) is 12.6. The fourth-order valence-corrected chi connectivity index (χ4v) is 1.78. The van der Waals surface area contributed by atoms with Crippen LogP contribution in [0.5, 0.6) is 0 Å². The van der Waals surface area contributed by atoms with Crippen molar-refractivity contribution < 1.29 is 11.3 Å². The summed E-state index contributed by atoms with van der Waals surface area (Å²) in [5, 5.41) is 0. The molecule has 0 aromatic heterocycles. The molecular formula is C8H18Br2CuS. The van der Waals surface area contributed by atoms with Crippen LogP contribution in [0.4, 0.5) is 0 Å². The van der Waals surface area contributed by atoms with Gasteiger partial charge in [0.2, 0.25) is 0 Å². The molecule has 0 atom stereocenters. The predicted octanol–water partition coefficient (Wildman–Crippen LogP) is 5.01. The summed E-state index contributed by atoms with van der Waals surface area (Å²) in [5.74, 6) is 2.74. The number of rotatable bonds is 6. The Balaban J connectivity index is 0. The molecule has 0 saturated carbocycles. The van der Waals surface area contributed by atoms with E-state index in [0.717, 1.165) is 0 Å². The van der Waals surface area contributed by atoms with Gasteiger partial charge in [0.1, 0.15) is 0 Å². The predicted molar refractivity (Wildman–Crippen MR) is 65.0 cm³/mol. The number of thioether (sulfide) groups is 1. The molecule has 0 heterocycles. The van der Waals surface area contributed by atoms with E-state index in [4.69, 9.17) is 0 Å². The molecule has 0 aliphatic heterocycles. The number of hydrogen-bond acceptors (Lipinski definition) is 1. The van der Waals surface area contributed by atoms with Crippen molar-refractivity contribution >= 4 is 40.0 Å². The second kappa shape index (κ2) is 18.6. The van der Waals surface area contributed by atoms with Gasteiger partial charge in [0.05, 0.1) is 0 Å². The van der Waals surface area contributed by atoms with E-state index >= 15 is 0 Å². The van der Waals surface area contributed by atoms with Crippen LogP contribution < -0.4 is 0 Å². The van der Waals surface area contributed by atoms with E-state index in [0.29, 0.717) is 0 Å². The van der Waals surface area contributed by atoms with Crippen molar-refractivity contribution in [3.8, 4) is 0 Å². The van der Waals surface area contributed by atoms with Crippen molar-refractivity contribution in [3.05, 3.63) is 0 Å². The second-order valence-electron chi connectivity index (χ2n) is 2.36. The van der Waals surface area contributed by atoms with Gasteiger partial charge in [-0.2, -0.15) is 11.8 Å². The molecule has 4 heteroatoms. The average Bonchev–Trinajstić information content (AvgIpc) is 2.06. The molecule has 0 saturated heterocycles. The van der Waals surface area contributed by atoms with Gasteiger partial charge in [-0.15, -0.1) is 0 Å². The maximum atomic E-state index is 2.97. The molecule has 81 valence electrons. The Morgan fingerprint density at radius 1 is 1.00 bits per heavy atom. The fraction of sp³-hybridized carbons (Fsp3) is 1.00. The SMILES string of the molecule is CCCCSCCCC.[Br][Cu][Br]. The van der Waals surface area contributed by atoms with Crippen LogP contribution in [0.15, 0.2) is 0 Å². The number of unbranched alkanes of at least 4 members (excludes halogenated alkanes) is 2. The topological polar surface area (TPSA) is 0 Å². The Kier molecular flexibility index (Phi) is 25.2. The third-order valence-corrected chi connectivity index (χ3v) is 2.44. The van der Waals surface area contributed by atoms with Crippen LogP contribution in [0.3, 0.4) is 0 Å². The number of hydrogen-bond donors (Lipinski definition) is 0. The summed E-state index contributed by atoms with van der Waals surface area (Å²) in [6.45, 7) is 4.50. The van der Waals surface area contributed by atoms with Crippen molar-refractivity contribution in [2.24, 2.45) is 0 Å². The normalized spacial score (nSPS) is 9.33. The van der Waals surface area contributed by atoms with Crippen LogP contribution in [-0.2, 0) is 11.3 Å². The van der Waals surface area contributed by atoms with Crippen molar-refractivity contribution in [3.63, 3.8) is 0 Å². The van der Waals surface area contributed by atoms with Crippen LogP contribution in [0.2, 0.25) is 0 Å². The average molecular weight is 370 g/mol. The molecule has 0 amide bonds. The zero-order valence-electron chi connectivity index (χ0n) is 7.71. The van der Waals surface area contributed by atoms with Crippen LogP contribution in [0.1, 0.15) is 39.5 Å². The van der Waals surface area contributed by atoms with E-state index < -0.39 is 0 Å². The second-order valence-corrected chi connectivity index (χ2v) is 8.34. The third-order valence-electron chi connectivity index (χ3n) is 1.28. The molecule has 0 aromatic carbocycles. The van der Waals surface area contributed by atoms with Gasteiger partial charge in [0.15, 0.2) is 0 Å². The molecule has 0 aliphatic carbocycles. The Morgan fingerprint density at radius 3 is 1.58 bits per heavy atom. The summed E-state index contributed by atoms with van der Waals surface area (Å²) in [6, 6.07) is 0. The van der Waals surface area contributed by atoms with Gasteiger partial charge in [-0.25, -0.2) is 0 Å². The van der Waals surface area contributed by atoms with Crippen LogP contribution in [0.25, 0.3) is 0 Å². The maximum absolute atomic E-state index is 2.97. The monoisotopic (exact) mass is 367 g/mol. The standard InChI is InChI=1S/C8H18S.2BrH.Cu/c1-3-5-7-9-8-6-4-2;;;/h3-8H2,1-2H3;2*1H;/q;;;+2/p-2. The summed E-state index contributed by atoms with van der Waals surface area (Å²) in [4.78, 5) is 0. The van der Waals surface area contributed by atoms with Crippen molar-refractivity contribution in [2.45, 2.75) is 39.5 Å². The fourth-order valence-electron chi connectivity index (χ4n) is 0.595. The molecule has 0 rings (SSSR count). The first-order valence-electron chi connectivity index (χ1n) is 4.22. The van der Waals surface area contributed by atoms with Gasteiger partial charge in [-0.05, 0) is 24.3 Å². The molecule has 0 aliphatic rings. The van der Waals surface area contributed by atoms with E-state index in [1.807, 2.05) is 0 Å². The molecule has 0 fully saturated rings. The molecule has 0 N–H and O–H groups in total. The van der Waals surface area contributed by atoms with Gasteiger partial charge in [-0.1, -0.05) is 26.7 Å². The van der Waals surface area contributed by atoms with E-state index in [9.17, 15) is 0 Å². The number of halogens is 2. The van der Waals surface area contributed by atoms with Crippen LogP contribution in [-0.4, -0.2) is 11.5 Å². The van der Waals surface area contributed by atoms with E-state index in [1.54, 1.807) is 0 Å². The van der Waals surface area contributed by atoms with Gasteiger partial charge in [0, 0.05) is 0 Å².